The van der Waals surface area contributed by atoms with Gasteiger partial charge in [0.1, 0.15) is 12.2 Å². The van der Waals surface area contributed by atoms with E-state index in [4.69, 9.17) is 23.3 Å². The molecule has 0 saturated carbocycles. The highest BCUT2D eigenvalue weighted by molar-refractivity contribution is 7.47. The van der Waals surface area contributed by atoms with Gasteiger partial charge in [0.25, 0.3) is 0 Å². The Balaban J connectivity index is 0.000000405. The normalized spacial score (nSPS) is 23.8. The smallest absolute Gasteiger partial charge is 0.376 e. The first-order chi connectivity index (χ1) is 14.4. The second-order valence-electron chi connectivity index (χ2n) is 8.34. The molecule has 0 aromatic carbocycles. The van der Waals surface area contributed by atoms with Crippen LogP contribution in [-0.2, 0) is 27.8 Å². The van der Waals surface area contributed by atoms with Crippen LogP contribution >= 0.6 is 7.82 Å². The first-order valence-corrected chi connectivity index (χ1v) is 13.4. The van der Waals surface area contributed by atoms with Gasteiger partial charge in [-0.05, 0) is 24.7 Å². The van der Waals surface area contributed by atoms with Crippen LogP contribution in [-0.4, -0.2) is 56.7 Å². The fourth-order valence-electron chi connectivity index (χ4n) is 2.89. The van der Waals surface area contributed by atoms with Crippen LogP contribution in [0.3, 0.4) is 0 Å². The summed E-state index contributed by atoms with van der Waals surface area (Å²) in [6, 6.07) is 0. The number of rotatable bonds is 18. The van der Waals surface area contributed by atoms with Crippen LogP contribution in [0, 0.1) is 11.8 Å². The fraction of sp³-hybridized carbons (Fsp3) is 1.00. The molecule has 2 aliphatic rings. The molecule has 2 rings (SSSR count). The van der Waals surface area contributed by atoms with Gasteiger partial charge < -0.3 is 19.1 Å². The van der Waals surface area contributed by atoms with Gasteiger partial charge in [-0.2, -0.15) is 0 Å². The van der Waals surface area contributed by atoms with Crippen LogP contribution in [0.5, 0.6) is 0 Å². The maximum Gasteiger partial charge on any atom is 0.472 e. The van der Waals surface area contributed by atoms with Gasteiger partial charge in [-0.15, -0.1) is 0 Å². The maximum absolute atomic E-state index is 11.9. The van der Waals surface area contributed by atoms with E-state index in [9.17, 15) is 9.46 Å². The molecule has 0 radical (unpaired) electrons. The summed E-state index contributed by atoms with van der Waals surface area (Å²) in [5.74, 6) is 0.687. The van der Waals surface area contributed by atoms with Gasteiger partial charge in [-0.3, -0.25) is 9.05 Å². The molecular weight excluding hydrogens is 407 g/mol. The molecule has 2 fully saturated rings. The third-order valence-corrected chi connectivity index (χ3v) is 6.40. The average Bonchev–Trinajstić information content (AvgIpc) is 3.65. The lowest BCUT2D eigenvalue weighted by atomic mass is 10.0. The highest BCUT2D eigenvalue weighted by Crippen LogP contribution is 2.44. The molecule has 1 N–H and O–H groups in total. The van der Waals surface area contributed by atoms with E-state index in [1.807, 2.05) is 0 Å². The molecule has 0 amide bonds. The Labute approximate surface area is 183 Å². The van der Waals surface area contributed by atoms with Crippen molar-refractivity contribution in [2.45, 2.75) is 91.3 Å². The molecule has 0 aromatic rings. The monoisotopic (exact) mass is 452 g/mol. The Bertz CT molecular complexity index is 419. The van der Waals surface area contributed by atoms with Crippen LogP contribution in [0.15, 0.2) is 0 Å². The molecule has 4 atom stereocenters. The van der Waals surface area contributed by atoms with E-state index in [1.54, 1.807) is 0 Å². The maximum atomic E-state index is 11.9. The van der Waals surface area contributed by atoms with Crippen molar-refractivity contribution in [3.05, 3.63) is 0 Å². The third kappa shape index (κ3) is 15.7. The van der Waals surface area contributed by atoms with E-state index in [0.29, 0.717) is 37.3 Å². The number of phosphoric ester groups is 1. The number of epoxide rings is 2. The Hall–Kier alpha value is -0.0100. The minimum absolute atomic E-state index is 0.316. The summed E-state index contributed by atoms with van der Waals surface area (Å²) < 4.78 is 37.4. The molecular formula is C22H45O7P. The summed E-state index contributed by atoms with van der Waals surface area (Å²) in [6.07, 6.45) is 9.34. The molecule has 2 heterocycles. The first kappa shape index (κ1) is 28.0. The molecule has 0 spiro atoms. The van der Waals surface area contributed by atoms with Crippen molar-refractivity contribution in [1.29, 1.82) is 0 Å². The zero-order valence-corrected chi connectivity index (χ0v) is 20.4. The third-order valence-electron chi connectivity index (χ3n) is 5.45. The summed E-state index contributed by atoms with van der Waals surface area (Å²) in [7, 11) is -3.89. The molecule has 7 nitrogen and oxygen atoms in total. The molecule has 180 valence electrons. The van der Waals surface area contributed by atoms with Crippen molar-refractivity contribution in [1.82, 2.24) is 0 Å². The summed E-state index contributed by atoms with van der Waals surface area (Å²) in [5, 5.41) is 0. The summed E-state index contributed by atoms with van der Waals surface area (Å²) >= 11 is 0. The molecule has 0 aliphatic carbocycles. The minimum atomic E-state index is -3.89. The van der Waals surface area contributed by atoms with Crippen molar-refractivity contribution in [2.24, 2.45) is 11.8 Å². The second kappa shape index (κ2) is 16.6. The van der Waals surface area contributed by atoms with E-state index < -0.39 is 7.82 Å². The van der Waals surface area contributed by atoms with Crippen molar-refractivity contribution in [3.63, 3.8) is 0 Å². The SMILES string of the molecule is C(OCC1CO1)C1CO1.CCCCC(CC)COP(=O)(O)OCC(CC)CCCC. The average molecular weight is 453 g/mol. The lowest BCUT2D eigenvalue weighted by Crippen LogP contribution is -2.12. The van der Waals surface area contributed by atoms with Crippen LogP contribution in [0.1, 0.15) is 79.1 Å². The standard InChI is InChI=1S/C16H35O4P.C6H10O3/c1-5-9-11-15(7-3)13-19-21(17,18)20-14-16(8-4)12-10-6-2;1(5-3-8-5)7-2-6-4-9-6/h15-16H,5-14H2,1-4H3,(H,17,18);5-6H,1-4H2. The lowest BCUT2D eigenvalue weighted by molar-refractivity contribution is 0.102. The van der Waals surface area contributed by atoms with Crippen molar-refractivity contribution in [3.8, 4) is 0 Å². The Morgan fingerprint density at radius 3 is 1.57 bits per heavy atom. The fourth-order valence-corrected chi connectivity index (χ4v) is 3.77. The van der Waals surface area contributed by atoms with Crippen LogP contribution < -0.4 is 0 Å². The highest BCUT2D eigenvalue weighted by atomic mass is 31.2. The summed E-state index contributed by atoms with van der Waals surface area (Å²) in [6.45, 7) is 12.4. The number of hydrogen-bond donors (Lipinski definition) is 1. The lowest BCUT2D eigenvalue weighted by Gasteiger charge is -2.20. The van der Waals surface area contributed by atoms with E-state index in [-0.39, 0.29) is 0 Å². The number of unbranched alkanes of at least 4 members (excludes halogenated alkanes) is 2. The molecule has 0 aromatic heterocycles. The van der Waals surface area contributed by atoms with E-state index in [0.717, 1.165) is 77.8 Å². The minimum Gasteiger partial charge on any atom is -0.376 e. The topological polar surface area (TPSA) is 90.0 Å². The quantitative estimate of drug-likeness (QED) is 0.221. The molecule has 0 bridgehead atoms. The van der Waals surface area contributed by atoms with Crippen LogP contribution in [0.25, 0.3) is 0 Å². The van der Waals surface area contributed by atoms with Gasteiger partial charge in [0.15, 0.2) is 0 Å². The van der Waals surface area contributed by atoms with Crippen LogP contribution in [0.4, 0.5) is 0 Å². The first-order valence-electron chi connectivity index (χ1n) is 11.9. The number of phosphoric acid groups is 1. The zero-order valence-electron chi connectivity index (χ0n) is 19.6. The predicted molar refractivity (Wildman–Crippen MR) is 119 cm³/mol. The summed E-state index contributed by atoms with van der Waals surface area (Å²) in [4.78, 5) is 9.77. The number of hydrogen-bond acceptors (Lipinski definition) is 6. The summed E-state index contributed by atoms with van der Waals surface area (Å²) in [5.41, 5.74) is 0. The van der Waals surface area contributed by atoms with E-state index in [2.05, 4.69) is 27.7 Å². The Morgan fingerprint density at radius 1 is 0.867 bits per heavy atom. The van der Waals surface area contributed by atoms with Gasteiger partial charge in [0, 0.05) is 0 Å². The van der Waals surface area contributed by atoms with Gasteiger partial charge in [0.05, 0.1) is 39.6 Å². The second-order valence-corrected chi connectivity index (χ2v) is 9.79. The molecule has 2 aliphatic heterocycles. The molecule has 4 unspecified atom stereocenters. The van der Waals surface area contributed by atoms with Gasteiger partial charge in [-0.1, -0.05) is 66.2 Å². The molecule has 30 heavy (non-hydrogen) atoms. The van der Waals surface area contributed by atoms with Gasteiger partial charge in [-0.25, -0.2) is 4.57 Å². The Morgan fingerprint density at radius 2 is 1.27 bits per heavy atom. The molecule has 2 saturated heterocycles. The largest absolute Gasteiger partial charge is 0.472 e. The van der Waals surface area contributed by atoms with E-state index in [1.165, 1.54) is 0 Å². The van der Waals surface area contributed by atoms with E-state index >= 15 is 0 Å². The van der Waals surface area contributed by atoms with Gasteiger partial charge in [0.2, 0.25) is 0 Å². The number of ether oxygens (including phenoxy) is 3. The predicted octanol–water partition coefficient (Wildman–Crippen LogP) is 5.35. The van der Waals surface area contributed by atoms with Crippen LogP contribution in [0.2, 0.25) is 0 Å². The van der Waals surface area contributed by atoms with Gasteiger partial charge >= 0.3 is 7.82 Å². The van der Waals surface area contributed by atoms with Crippen molar-refractivity contribution in [2.75, 3.05) is 39.6 Å². The Kier molecular flexibility index (Phi) is 15.5. The van der Waals surface area contributed by atoms with Crippen molar-refractivity contribution >= 4 is 7.82 Å². The van der Waals surface area contributed by atoms with Crippen molar-refractivity contribution < 1.29 is 32.7 Å². The zero-order chi connectivity index (χ0) is 22.2. The highest BCUT2D eigenvalue weighted by Gasteiger charge is 2.26. The molecule has 8 heteroatoms.